The number of benzene rings is 2. The van der Waals surface area contributed by atoms with E-state index in [9.17, 15) is 13.2 Å². The second-order valence-electron chi connectivity index (χ2n) is 4.44. The number of imidazole rings is 1. The molecule has 1 heterocycles. The summed E-state index contributed by atoms with van der Waals surface area (Å²) in [6, 6.07) is 8.56. The zero-order valence-corrected chi connectivity index (χ0v) is 12.6. The fourth-order valence-electron chi connectivity index (χ4n) is 1.99. The Balaban J connectivity index is 2.15. The van der Waals surface area contributed by atoms with Gasteiger partial charge in [-0.2, -0.15) is 13.2 Å². The van der Waals surface area contributed by atoms with Crippen LogP contribution in [0.4, 0.5) is 13.2 Å². The Labute approximate surface area is 131 Å². The van der Waals surface area contributed by atoms with E-state index >= 15 is 0 Å². The van der Waals surface area contributed by atoms with Crippen molar-refractivity contribution < 1.29 is 13.2 Å². The number of aromatic amines is 1. The van der Waals surface area contributed by atoms with Gasteiger partial charge in [-0.1, -0.05) is 27.5 Å². The lowest BCUT2D eigenvalue weighted by Gasteiger charge is -2.05. The number of nitrogens with one attached hydrogen (secondary N) is 1. The minimum Gasteiger partial charge on any atom is -0.338 e. The highest BCUT2D eigenvalue weighted by Crippen LogP contribution is 2.33. The molecule has 2 aromatic carbocycles. The van der Waals surface area contributed by atoms with Crippen LogP contribution in [0, 0.1) is 0 Å². The predicted octanol–water partition coefficient (Wildman–Crippen LogP) is 5.66. The summed E-state index contributed by atoms with van der Waals surface area (Å²) in [6.45, 7) is 0. The number of halogens is 5. The average molecular weight is 376 g/mol. The van der Waals surface area contributed by atoms with Crippen LogP contribution in [-0.4, -0.2) is 9.97 Å². The lowest BCUT2D eigenvalue weighted by molar-refractivity contribution is -0.137. The minimum absolute atomic E-state index is 0.326. The Morgan fingerprint density at radius 2 is 1.86 bits per heavy atom. The van der Waals surface area contributed by atoms with Gasteiger partial charge in [-0.25, -0.2) is 4.98 Å². The van der Waals surface area contributed by atoms with Crippen LogP contribution < -0.4 is 0 Å². The SMILES string of the molecule is FC(F)(F)c1ccc2nc(-c3cc(Cl)ccc3Br)[nH]c2c1. The molecule has 7 heteroatoms. The van der Waals surface area contributed by atoms with Crippen LogP contribution in [0.25, 0.3) is 22.4 Å². The molecule has 3 aromatic rings. The van der Waals surface area contributed by atoms with Gasteiger partial charge in [0.05, 0.1) is 16.6 Å². The number of H-pyrrole nitrogens is 1. The fraction of sp³-hybridized carbons (Fsp3) is 0.0714. The summed E-state index contributed by atoms with van der Waals surface area (Å²) < 4.78 is 38.9. The molecule has 0 saturated carbocycles. The third-order valence-corrected chi connectivity index (χ3v) is 3.92. The van der Waals surface area contributed by atoms with Crippen LogP contribution in [0.1, 0.15) is 5.56 Å². The molecular weight excluding hydrogens is 369 g/mol. The standard InChI is InChI=1S/C14H7BrClF3N2/c15-10-3-2-8(16)6-9(10)13-20-11-4-1-7(14(17,18)19)5-12(11)21-13/h1-6H,(H,20,21). The van der Waals surface area contributed by atoms with Crippen LogP contribution in [0.15, 0.2) is 40.9 Å². The molecule has 0 fully saturated rings. The van der Waals surface area contributed by atoms with Crippen molar-refractivity contribution in [2.75, 3.05) is 0 Å². The number of hydrogen-bond acceptors (Lipinski definition) is 1. The number of aromatic nitrogens is 2. The second kappa shape index (κ2) is 5.03. The van der Waals surface area contributed by atoms with Gasteiger partial charge in [-0.15, -0.1) is 0 Å². The monoisotopic (exact) mass is 374 g/mol. The Hall–Kier alpha value is -1.53. The highest BCUT2D eigenvalue weighted by atomic mass is 79.9. The lowest BCUT2D eigenvalue weighted by Crippen LogP contribution is -2.04. The Bertz CT molecular complexity index is 827. The zero-order chi connectivity index (χ0) is 15.2. The molecule has 0 aliphatic carbocycles. The van der Waals surface area contributed by atoms with Crippen LogP contribution in [0.5, 0.6) is 0 Å². The molecule has 3 rings (SSSR count). The Morgan fingerprint density at radius 3 is 2.57 bits per heavy atom. The molecule has 1 aromatic heterocycles. The van der Waals surface area contributed by atoms with E-state index in [1.54, 1.807) is 18.2 Å². The first-order valence-corrected chi connectivity index (χ1v) is 7.04. The third-order valence-electron chi connectivity index (χ3n) is 2.99. The third kappa shape index (κ3) is 2.78. The van der Waals surface area contributed by atoms with Crippen LogP contribution >= 0.6 is 27.5 Å². The van der Waals surface area contributed by atoms with E-state index in [-0.39, 0.29) is 0 Å². The maximum Gasteiger partial charge on any atom is 0.416 e. The number of nitrogens with zero attached hydrogens (tertiary/aromatic N) is 1. The molecule has 1 N–H and O–H groups in total. The van der Waals surface area contributed by atoms with Gasteiger partial charge in [0.15, 0.2) is 0 Å². The molecule has 0 saturated heterocycles. The van der Waals surface area contributed by atoms with Crippen molar-refractivity contribution in [3.05, 3.63) is 51.5 Å². The van der Waals surface area contributed by atoms with E-state index in [0.717, 1.165) is 16.6 Å². The van der Waals surface area contributed by atoms with Crippen molar-refractivity contribution in [1.29, 1.82) is 0 Å². The molecule has 0 atom stereocenters. The summed E-state index contributed by atoms with van der Waals surface area (Å²) in [5, 5.41) is 0.518. The van der Waals surface area contributed by atoms with Gasteiger partial charge in [0.1, 0.15) is 5.82 Å². The van der Waals surface area contributed by atoms with Crippen molar-refractivity contribution in [3.63, 3.8) is 0 Å². The highest BCUT2D eigenvalue weighted by Gasteiger charge is 2.30. The highest BCUT2D eigenvalue weighted by molar-refractivity contribution is 9.10. The molecule has 0 bridgehead atoms. The molecule has 108 valence electrons. The number of hydrogen-bond donors (Lipinski definition) is 1. The quantitative estimate of drug-likeness (QED) is 0.584. The zero-order valence-electron chi connectivity index (χ0n) is 10.3. The Morgan fingerprint density at radius 1 is 1.10 bits per heavy atom. The predicted molar refractivity (Wildman–Crippen MR) is 79.2 cm³/mol. The summed E-state index contributed by atoms with van der Waals surface area (Å²) in [5.41, 5.74) is 0.763. The van der Waals surface area contributed by atoms with Gasteiger partial charge >= 0.3 is 6.18 Å². The van der Waals surface area contributed by atoms with Crippen molar-refractivity contribution in [1.82, 2.24) is 9.97 Å². The topological polar surface area (TPSA) is 28.7 Å². The summed E-state index contributed by atoms with van der Waals surface area (Å²) in [7, 11) is 0. The molecule has 0 aliphatic heterocycles. The first kappa shape index (κ1) is 14.4. The maximum absolute atomic E-state index is 12.7. The second-order valence-corrected chi connectivity index (χ2v) is 5.73. The van der Waals surface area contributed by atoms with Crippen molar-refractivity contribution in [3.8, 4) is 11.4 Å². The van der Waals surface area contributed by atoms with Gasteiger partial charge in [0.25, 0.3) is 0 Å². The van der Waals surface area contributed by atoms with E-state index < -0.39 is 11.7 Å². The largest absolute Gasteiger partial charge is 0.416 e. The van der Waals surface area contributed by atoms with E-state index in [1.165, 1.54) is 6.07 Å². The summed E-state index contributed by atoms with van der Waals surface area (Å²) in [6.07, 6.45) is -4.38. The number of alkyl halides is 3. The first-order chi connectivity index (χ1) is 9.84. The summed E-state index contributed by atoms with van der Waals surface area (Å²) >= 11 is 9.31. The van der Waals surface area contributed by atoms with Crippen molar-refractivity contribution >= 4 is 38.6 Å². The van der Waals surface area contributed by atoms with E-state index in [4.69, 9.17) is 11.6 Å². The van der Waals surface area contributed by atoms with Crippen molar-refractivity contribution in [2.45, 2.75) is 6.18 Å². The molecule has 0 spiro atoms. The van der Waals surface area contributed by atoms with Crippen LogP contribution in [0.2, 0.25) is 5.02 Å². The van der Waals surface area contributed by atoms with E-state index in [0.29, 0.717) is 27.4 Å². The van der Waals surface area contributed by atoms with Crippen LogP contribution in [0.3, 0.4) is 0 Å². The maximum atomic E-state index is 12.7. The van der Waals surface area contributed by atoms with Gasteiger partial charge in [0, 0.05) is 15.1 Å². The Kier molecular flexibility index (Phi) is 3.45. The molecule has 0 amide bonds. The number of rotatable bonds is 1. The molecule has 0 radical (unpaired) electrons. The molecule has 21 heavy (non-hydrogen) atoms. The minimum atomic E-state index is -4.38. The normalized spacial score (nSPS) is 12.0. The smallest absolute Gasteiger partial charge is 0.338 e. The summed E-state index contributed by atoms with van der Waals surface area (Å²) in [4.78, 5) is 7.19. The molecule has 0 aliphatic rings. The number of fused-ring (bicyclic) bond motifs is 1. The van der Waals surface area contributed by atoms with Gasteiger partial charge in [-0.05, 0) is 36.4 Å². The summed E-state index contributed by atoms with van der Waals surface area (Å²) in [5.74, 6) is 0.457. The first-order valence-electron chi connectivity index (χ1n) is 5.87. The molecule has 0 unspecified atom stereocenters. The van der Waals surface area contributed by atoms with Crippen molar-refractivity contribution in [2.24, 2.45) is 0 Å². The van der Waals surface area contributed by atoms with E-state index in [1.807, 2.05) is 0 Å². The van der Waals surface area contributed by atoms with Gasteiger partial charge in [-0.3, -0.25) is 0 Å². The molecular formula is C14H7BrClF3N2. The van der Waals surface area contributed by atoms with Gasteiger partial charge in [0.2, 0.25) is 0 Å². The van der Waals surface area contributed by atoms with Gasteiger partial charge < -0.3 is 4.98 Å². The average Bonchev–Trinajstić information content (AvgIpc) is 2.83. The lowest BCUT2D eigenvalue weighted by atomic mass is 10.2. The molecule has 2 nitrogen and oxygen atoms in total. The van der Waals surface area contributed by atoms with E-state index in [2.05, 4.69) is 25.9 Å². The van der Waals surface area contributed by atoms with Crippen LogP contribution in [-0.2, 0) is 6.18 Å². The fourth-order valence-corrected chi connectivity index (χ4v) is 2.60.